The quantitative estimate of drug-likeness (QED) is 0.740. The number of aromatic nitrogens is 4. The van der Waals surface area contributed by atoms with Crippen LogP contribution in [0.15, 0.2) is 24.4 Å². The number of alkyl halides is 1. The number of carbonyl (C=O) groups is 1. The van der Waals surface area contributed by atoms with Crippen LogP contribution in [0.3, 0.4) is 0 Å². The zero-order chi connectivity index (χ0) is 19.2. The number of aromatic amines is 1. The first kappa shape index (κ1) is 17.7. The molecule has 2 aromatic heterocycles. The highest BCUT2D eigenvalue weighted by molar-refractivity contribution is 6.05. The van der Waals surface area contributed by atoms with E-state index in [4.69, 9.17) is 0 Å². The molecule has 0 aliphatic heterocycles. The van der Waals surface area contributed by atoms with Gasteiger partial charge in [0.2, 0.25) is 0 Å². The van der Waals surface area contributed by atoms with E-state index >= 15 is 0 Å². The SMILES string of the molecule is Cc1c(-c2ccc3[nH]nc(C(=O)NC4CCC(C)(F)CC4)c3c2)cnn1C. The predicted molar refractivity (Wildman–Crippen MR) is 102 cm³/mol. The van der Waals surface area contributed by atoms with Crippen LogP contribution in [-0.2, 0) is 7.05 Å². The van der Waals surface area contributed by atoms with Crippen LogP contribution < -0.4 is 5.32 Å². The van der Waals surface area contributed by atoms with E-state index in [1.807, 2.05) is 43.0 Å². The van der Waals surface area contributed by atoms with Gasteiger partial charge in [-0.2, -0.15) is 10.2 Å². The number of carbonyl (C=O) groups excluding carboxylic acids is 1. The fraction of sp³-hybridized carbons (Fsp3) is 0.450. The molecule has 0 spiro atoms. The predicted octanol–water partition coefficient (Wildman–Crippen LogP) is 3.67. The third kappa shape index (κ3) is 3.34. The molecule has 3 aromatic rings. The highest BCUT2D eigenvalue weighted by Gasteiger charge is 2.31. The normalized spacial score (nSPS) is 22.9. The first-order valence-corrected chi connectivity index (χ1v) is 9.31. The molecule has 0 saturated heterocycles. The Bertz CT molecular complexity index is 993. The number of H-pyrrole nitrogens is 1. The Hall–Kier alpha value is -2.70. The minimum absolute atomic E-state index is 0.00294. The molecule has 7 heteroatoms. The standard InChI is InChI=1S/C20H24FN5O/c1-12-16(11-22-26(12)3)13-4-5-17-15(10-13)18(25-24-17)19(27)23-14-6-8-20(2,21)9-7-14/h4-5,10-11,14H,6-9H2,1-3H3,(H,23,27)(H,24,25). The molecule has 1 aliphatic rings. The number of fused-ring (bicyclic) bond motifs is 1. The van der Waals surface area contributed by atoms with Crippen LogP contribution in [0.2, 0.25) is 0 Å². The van der Waals surface area contributed by atoms with Crippen molar-refractivity contribution in [2.45, 2.75) is 51.2 Å². The summed E-state index contributed by atoms with van der Waals surface area (Å²) < 4.78 is 15.8. The molecule has 1 saturated carbocycles. The van der Waals surface area contributed by atoms with E-state index in [1.54, 1.807) is 6.92 Å². The van der Waals surface area contributed by atoms with Crippen LogP contribution >= 0.6 is 0 Å². The Morgan fingerprint density at radius 1 is 1.37 bits per heavy atom. The summed E-state index contributed by atoms with van der Waals surface area (Å²) in [5.74, 6) is -0.214. The minimum atomic E-state index is -1.11. The molecule has 0 radical (unpaired) electrons. The van der Waals surface area contributed by atoms with E-state index in [1.165, 1.54) is 0 Å². The number of rotatable bonds is 3. The number of aryl methyl sites for hydroxylation is 1. The molecular weight excluding hydrogens is 345 g/mol. The van der Waals surface area contributed by atoms with Crippen molar-refractivity contribution in [1.82, 2.24) is 25.3 Å². The lowest BCUT2D eigenvalue weighted by Gasteiger charge is -2.31. The second kappa shape index (κ2) is 6.48. The Morgan fingerprint density at radius 2 is 2.11 bits per heavy atom. The maximum Gasteiger partial charge on any atom is 0.272 e. The number of hydrogen-bond donors (Lipinski definition) is 2. The topological polar surface area (TPSA) is 75.6 Å². The number of amides is 1. The highest BCUT2D eigenvalue weighted by atomic mass is 19.1. The molecule has 6 nitrogen and oxygen atoms in total. The molecule has 0 unspecified atom stereocenters. The first-order valence-electron chi connectivity index (χ1n) is 9.31. The monoisotopic (exact) mass is 369 g/mol. The maximum absolute atomic E-state index is 14.0. The van der Waals surface area contributed by atoms with E-state index in [0.717, 1.165) is 27.7 Å². The van der Waals surface area contributed by atoms with E-state index in [2.05, 4.69) is 20.6 Å². The Kier molecular flexibility index (Phi) is 4.25. The number of nitrogens with zero attached hydrogens (tertiary/aromatic N) is 3. The van der Waals surface area contributed by atoms with Crippen LogP contribution in [0.25, 0.3) is 22.0 Å². The fourth-order valence-electron chi connectivity index (χ4n) is 3.75. The van der Waals surface area contributed by atoms with Crippen molar-refractivity contribution in [3.05, 3.63) is 35.8 Å². The Labute approximate surface area is 157 Å². The molecule has 1 amide bonds. The lowest BCUT2D eigenvalue weighted by molar-refractivity contribution is 0.0847. The van der Waals surface area contributed by atoms with Gasteiger partial charge in [0.05, 0.1) is 11.7 Å². The van der Waals surface area contributed by atoms with Crippen LogP contribution in [0.5, 0.6) is 0 Å². The molecule has 142 valence electrons. The van der Waals surface area contributed by atoms with E-state index < -0.39 is 5.67 Å². The van der Waals surface area contributed by atoms with E-state index in [-0.39, 0.29) is 11.9 Å². The maximum atomic E-state index is 14.0. The molecule has 27 heavy (non-hydrogen) atoms. The summed E-state index contributed by atoms with van der Waals surface area (Å²) in [6, 6.07) is 5.89. The lowest BCUT2D eigenvalue weighted by Crippen LogP contribution is -2.40. The number of hydrogen-bond acceptors (Lipinski definition) is 3. The molecule has 1 fully saturated rings. The first-order chi connectivity index (χ1) is 12.8. The van der Waals surface area contributed by atoms with Crippen molar-refractivity contribution in [1.29, 1.82) is 0 Å². The summed E-state index contributed by atoms with van der Waals surface area (Å²) in [4.78, 5) is 12.8. The summed E-state index contributed by atoms with van der Waals surface area (Å²) in [5, 5.41) is 15.2. The molecule has 0 atom stereocenters. The summed E-state index contributed by atoms with van der Waals surface area (Å²) in [6.07, 6.45) is 4.09. The smallest absolute Gasteiger partial charge is 0.272 e. The zero-order valence-electron chi connectivity index (χ0n) is 15.8. The lowest BCUT2D eigenvalue weighted by atomic mass is 9.85. The number of benzene rings is 1. The summed E-state index contributed by atoms with van der Waals surface area (Å²) in [7, 11) is 1.90. The molecule has 1 aliphatic carbocycles. The molecule has 1 aromatic carbocycles. The van der Waals surface area contributed by atoms with Crippen molar-refractivity contribution in [3.63, 3.8) is 0 Å². The largest absolute Gasteiger partial charge is 0.348 e. The summed E-state index contributed by atoms with van der Waals surface area (Å²) in [5.41, 5.74) is 3.15. The highest BCUT2D eigenvalue weighted by Crippen LogP contribution is 2.32. The van der Waals surface area contributed by atoms with Gasteiger partial charge in [-0.25, -0.2) is 4.39 Å². The molecular formula is C20H24FN5O. The Balaban J connectivity index is 1.59. The van der Waals surface area contributed by atoms with Gasteiger partial charge in [0.15, 0.2) is 5.69 Å². The van der Waals surface area contributed by atoms with Gasteiger partial charge in [-0.3, -0.25) is 14.6 Å². The van der Waals surface area contributed by atoms with Crippen LogP contribution in [0.4, 0.5) is 4.39 Å². The number of halogens is 1. The summed E-state index contributed by atoms with van der Waals surface area (Å²) in [6.45, 7) is 3.64. The van der Waals surface area contributed by atoms with Crippen molar-refractivity contribution in [2.24, 2.45) is 7.05 Å². The van der Waals surface area contributed by atoms with Gasteiger partial charge in [-0.05, 0) is 57.2 Å². The zero-order valence-corrected chi connectivity index (χ0v) is 15.8. The molecule has 2 N–H and O–H groups in total. The van der Waals surface area contributed by atoms with Crippen molar-refractivity contribution in [3.8, 4) is 11.1 Å². The molecule has 2 heterocycles. The van der Waals surface area contributed by atoms with Crippen LogP contribution in [0, 0.1) is 6.92 Å². The van der Waals surface area contributed by atoms with Crippen molar-refractivity contribution in [2.75, 3.05) is 0 Å². The van der Waals surface area contributed by atoms with Gasteiger partial charge in [0, 0.05) is 29.7 Å². The summed E-state index contributed by atoms with van der Waals surface area (Å²) >= 11 is 0. The molecule has 4 rings (SSSR count). The Morgan fingerprint density at radius 3 is 2.78 bits per heavy atom. The van der Waals surface area contributed by atoms with Gasteiger partial charge in [0.1, 0.15) is 5.67 Å². The average Bonchev–Trinajstić information content (AvgIpc) is 3.20. The van der Waals surface area contributed by atoms with Gasteiger partial charge in [0.25, 0.3) is 5.91 Å². The molecule has 0 bridgehead atoms. The van der Waals surface area contributed by atoms with Crippen LogP contribution in [0.1, 0.15) is 48.8 Å². The van der Waals surface area contributed by atoms with Gasteiger partial charge in [-0.15, -0.1) is 0 Å². The third-order valence-corrected chi connectivity index (χ3v) is 5.69. The second-order valence-corrected chi connectivity index (χ2v) is 7.76. The third-order valence-electron chi connectivity index (χ3n) is 5.69. The van der Waals surface area contributed by atoms with E-state index in [9.17, 15) is 9.18 Å². The van der Waals surface area contributed by atoms with Crippen molar-refractivity contribution < 1.29 is 9.18 Å². The second-order valence-electron chi connectivity index (χ2n) is 7.76. The average molecular weight is 369 g/mol. The van der Waals surface area contributed by atoms with Gasteiger partial charge in [-0.1, -0.05) is 6.07 Å². The van der Waals surface area contributed by atoms with Crippen LogP contribution in [-0.4, -0.2) is 37.6 Å². The van der Waals surface area contributed by atoms with Gasteiger partial charge < -0.3 is 5.32 Å². The fourth-order valence-corrected chi connectivity index (χ4v) is 3.75. The number of nitrogens with one attached hydrogen (secondary N) is 2. The van der Waals surface area contributed by atoms with Crippen molar-refractivity contribution >= 4 is 16.8 Å². The van der Waals surface area contributed by atoms with E-state index in [0.29, 0.717) is 31.4 Å². The minimum Gasteiger partial charge on any atom is -0.348 e. The van der Waals surface area contributed by atoms with Gasteiger partial charge >= 0.3 is 0 Å².